The SMILES string of the molecule is CC(C)CCNC(=O)COC(=O)c1ccc2c(c1)S(=O)(=O)c1ccccc1C2=O. The fraction of sp³-hybridized carbons (Fsp3) is 0.286. The van der Waals surface area contributed by atoms with Crippen LogP contribution >= 0.6 is 0 Å². The van der Waals surface area contributed by atoms with Crippen LogP contribution in [-0.4, -0.2) is 39.2 Å². The summed E-state index contributed by atoms with van der Waals surface area (Å²) in [7, 11) is -3.95. The minimum atomic E-state index is -3.95. The van der Waals surface area contributed by atoms with Crippen LogP contribution in [0, 0.1) is 5.92 Å². The molecule has 152 valence electrons. The molecule has 0 aliphatic carbocycles. The van der Waals surface area contributed by atoms with Gasteiger partial charge in [0.15, 0.2) is 12.4 Å². The molecule has 0 spiro atoms. The molecule has 29 heavy (non-hydrogen) atoms. The first kappa shape index (κ1) is 20.7. The molecule has 0 saturated heterocycles. The Labute approximate surface area is 169 Å². The van der Waals surface area contributed by atoms with E-state index in [0.29, 0.717) is 12.5 Å². The highest BCUT2D eigenvalue weighted by atomic mass is 32.2. The molecule has 0 fully saturated rings. The zero-order valence-corrected chi connectivity index (χ0v) is 16.9. The van der Waals surface area contributed by atoms with E-state index in [0.717, 1.165) is 12.5 Å². The van der Waals surface area contributed by atoms with Gasteiger partial charge < -0.3 is 10.1 Å². The summed E-state index contributed by atoms with van der Waals surface area (Å²) in [4.78, 5) is 36.3. The van der Waals surface area contributed by atoms with Crippen molar-refractivity contribution in [2.75, 3.05) is 13.2 Å². The van der Waals surface area contributed by atoms with Gasteiger partial charge in [0.1, 0.15) is 0 Å². The quantitative estimate of drug-likeness (QED) is 0.620. The first-order chi connectivity index (χ1) is 13.7. The molecule has 0 unspecified atom stereocenters. The average Bonchev–Trinajstić information content (AvgIpc) is 2.70. The number of benzene rings is 2. The predicted molar refractivity (Wildman–Crippen MR) is 105 cm³/mol. The van der Waals surface area contributed by atoms with Gasteiger partial charge in [0.2, 0.25) is 9.84 Å². The van der Waals surface area contributed by atoms with Crippen molar-refractivity contribution in [2.45, 2.75) is 30.1 Å². The van der Waals surface area contributed by atoms with Gasteiger partial charge in [-0.05, 0) is 42.7 Å². The number of esters is 1. The summed E-state index contributed by atoms with van der Waals surface area (Å²) in [5.74, 6) is -1.26. The molecule has 0 aromatic heterocycles. The number of amides is 1. The third kappa shape index (κ3) is 4.22. The van der Waals surface area contributed by atoms with Crippen LogP contribution in [0.2, 0.25) is 0 Å². The molecule has 0 radical (unpaired) electrons. The molecule has 0 atom stereocenters. The average molecular weight is 415 g/mol. The maximum Gasteiger partial charge on any atom is 0.338 e. The van der Waals surface area contributed by atoms with Crippen molar-refractivity contribution >= 4 is 27.5 Å². The van der Waals surface area contributed by atoms with Crippen LogP contribution < -0.4 is 5.32 Å². The predicted octanol–water partition coefficient (Wildman–Crippen LogP) is 2.38. The summed E-state index contributed by atoms with van der Waals surface area (Å²) >= 11 is 0. The maximum absolute atomic E-state index is 12.9. The second-order valence-corrected chi connectivity index (χ2v) is 9.03. The lowest BCUT2D eigenvalue weighted by molar-refractivity contribution is -0.124. The van der Waals surface area contributed by atoms with E-state index in [-0.39, 0.29) is 26.5 Å². The van der Waals surface area contributed by atoms with E-state index < -0.39 is 34.1 Å². The lowest BCUT2D eigenvalue weighted by Gasteiger charge is -2.19. The fourth-order valence-corrected chi connectivity index (χ4v) is 4.65. The van der Waals surface area contributed by atoms with Crippen LogP contribution in [0.3, 0.4) is 0 Å². The highest BCUT2D eigenvalue weighted by Crippen LogP contribution is 2.34. The Morgan fingerprint density at radius 1 is 1.03 bits per heavy atom. The minimum Gasteiger partial charge on any atom is -0.452 e. The molecule has 1 amide bonds. The molecule has 2 aromatic rings. The maximum atomic E-state index is 12.9. The number of ketones is 1. The second kappa shape index (κ2) is 8.16. The minimum absolute atomic E-state index is 0.00618. The number of hydrogen-bond acceptors (Lipinski definition) is 6. The molecule has 1 aliphatic heterocycles. The van der Waals surface area contributed by atoms with Gasteiger partial charge in [0.25, 0.3) is 5.91 Å². The summed E-state index contributed by atoms with van der Waals surface area (Å²) in [6, 6.07) is 9.68. The number of nitrogens with one attached hydrogen (secondary N) is 1. The molecule has 1 heterocycles. The van der Waals surface area contributed by atoms with Crippen LogP contribution in [0.5, 0.6) is 0 Å². The zero-order valence-electron chi connectivity index (χ0n) is 16.1. The van der Waals surface area contributed by atoms with E-state index >= 15 is 0 Å². The van der Waals surface area contributed by atoms with E-state index in [1.165, 1.54) is 30.3 Å². The molecule has 1 aliphatic rings. The molecule has 0 saturated carbocycles. The number of hydrogen-bond donors (Lipinski definition) is 1. The molecule has 8 heteroatoms. The van der Waals surface area contributed by atoms with Gasteiger partial charge in [-0.15, -0.1) is 0 Å². The normalized spacial score (nSPS) is 14.1. The van der Waals surface area contributed by atoms with Crippen molar-refractivity contribution in [3.63, 3.8) is 0 Å². The van der Waals surface area contributed by atoms with Crippen molar-refractivity contribution in [1.29, 1.82) is 0 Å². The topological polar surface area (TPSA) is 107 Å². The molecular weight excluding hydrogens is 394 g/mol. The van der Waals surface area contributed by atoms with Gasteiger partial charge in [-0.1, -0.05) is 26.0 Å². The highest BCUT2D eigenvalue weighted by Gasteiger charge is 2.35. The van der Waals surface area contributed by atoms with Gasteiger partial charge in [0.05, 0.1) is 15.4 Å². The van der Waals surface area contributed by atoms with Crippen molar-refractivity contribution < 1.29 is 27.5 Å². The number of ether oxygens (including phenoxy) is 1. The summed E-state index contributed by atoms with van der Waals surface area (Å²) in [6.45, 7) is 4.06. The monoisotopic (exact) mass is 415 g/mol. The highest BCUT2D eigenvalue weighted by molar-refractivity contribution is 7.91. The van der Waals surface area contributed by atoms with E-state index in [9.17, 15) is 22.8 Å². The Hall–Kier alpha value is -3.00. The molecule has 1 N–H and O–H groups in total. The van der Waals surface area contributed by atoms with E-state index in [1.807, 2.05) is 13.8 Å². The van der Waals surface area contributed by atoms with Crippen LogP contribution in [0.1, 0.15) is 46.5 Å². The first-order valence-corrected chi connectivity index (χ1v) is 10.7. The first-order valence-electron chi connectivity index (χ1n) is 9.18. The van der Waals surface area contributed by atoms with Crippen molar-refractivity contribution in [3.05, 3.63) is 59.2 Å². The fourth-order valence-electron chi connectivity index (χ4n) is 2.98. The zero-order chi connectivity index (χ0) is 21.2. The van der Waals surface area contributed by atoms with E-state index in [2.05, 4.69) is 5.32 Å². The largest absolute Gasteiger partial charge is 0.452 e. The van der Waals surface area contributed by atoms with Gasteiger partial charge >= 0.3 is 5.97 Å². The Kier molecular flexibility index (Phi) is 5.83. The van der Waals surface area contributed by atoms with Crippen LogP contribution in [0.15, 0.2) is 52.3 Å². The van der Waals surface area contributed by atoms with Gasteiger partial charge in [-0.2, -0.15) is 0 Å². The molecule has 7 nitrogen and oxygen atoms in total. The van der Waals surface area contributed by atoms with Gasteiger partial charge in [-0.3, -0.25) is 9.59 Å². The van der Waals surface area contributed by atoms with Crippen molar-refractivity contribution in [3.8, 4) is 0 Å². The number of sulfone groups is 1. The third-order valence-electron chi connectivity index (χ3n) is 4.55. The lowest BCUT2D eigenvalue weighted by Crippen LogP contribution is -2.30. The standard InChI is InChI=1S/C21H21NO6S/c1-13(2)9-10-22-19(23)12-28-21(25)14-7-8-16-18(11-14)29(26,27)17-6-4-3-5-15(17)20(16)24/h3-8,11,13H,9-10,12H2,1-2H3,(H,22,23). The van der Waals surface area contributed by atoms with Crippen molar-refractivity contribution in [1.82, 2.24) is 5.32 Å². The van der Waals surface area contributed by atoms with Crippen LogP contribution in [0.25, 0.3) is 0 Å². The Bertz CT molecular complexity index is 1090. The van der Waals surface area contributed by atoms with E-state index in [4.69, 9.17) is 4.74 Å². The summed E-state index contributed by atoms with van der Waals surface area (Å²) in [5, 5.41) is 2.64. The molecular formula is C21H21NO6S. The van der Waals surface area contributed by atoms with Gasteiger partial charge in [0, 0.05) is 17.7 Å². The number of rotatable bonds is 6. The smallest absolute Gasteiger partial charge is 0.338 e. The third-order valence-corrected chi connectivity index (χ3v) is 6.40. The Morgan fingerprint density at radius 3 is 2.45 bits per heavy atom. The lowest BCUT2D eigenvalue weighted by atomic mass is 10.0. The molecule has 3 rings (SSSR count). The van der Waals surface area contributed by atoms with Crippen LogP contribution in [0.4, 0.5) is 0 Å². The second-order valence-electron chi connectivity index (χ2n) is 7.15. The van der Waals surface area contributed by atoms with Crippen LogP contribution in [-0.2, 0) is 19.4 Å². The summed E-state index contributed by atoms with van der Waals surface area (Å²) < 4.78 is 30.7. The van der Waals surface area contributed by atoms with E-state index in [1.54, 1.807) is 6.07 Å². The number of carbonyl (C=O) groups is 3. The summed E-state index contributed by atoms with van der Waals surface area (Å²) in [5.41, 5.74) is 0.0644. The number of carbonyl (C=O) groups excluding carboxylic acids is 3. The summed E-state index contributed by atoms with van der Waals surface area (Å²) in [6.07, 6.45) is 0.803. The Balaban J connectivity index is 1.77. The molecule has 2 aromatic carbocycles. The number of fused-ring (bicyclic) bond motifs is 2. The molecule has 0 bridgehead atoms. The van der Waals surface area contributed by atoms with Crippen molar-refractivity contribution in [2.24, 2.45) is 5.92 Å². The van der Waals surface area contributed by atoms with Gasteiger partial charge in [-0.25, -0.2) is 13.2 Å². The Morgan fingerprint density at radius 2 is 1.72 bits per heavy atom.